The molecule has 11 nitrogen and oxygen atoms in total. The van der Waals surface area contributed by atoms with Crippen molar-refractivity contribution in [1.29, 1.82) is 0 Å². The van der Waals surface area contributed by atoms with Gasteiger partial charge in [0, 0.05) is 44.7 Å². The molecule has 0 spiro atoms. The van der Waals surface area contributed by atoms with Crippen molar-refractivity contribution in [2.24, 2.45) is 10.8 Å². The van der Waals surface area contributed by atoms with Crippen LogP contribution in [0.5, 0.6) is 0 Å². The Morgan fingerprint density at radius 3 is 1.78 bits per heavy atom. The molecule has 0 aliphatic carbocycles. The number of rotatable bonds is 16. The lowest BCUT2D eigenvalue weighted by Crippen LogP contribution is -2.48. The number of nitrogens with zero attached hydrogens (tertiary/aromatic N) is 3. The van der Waals surface area contributed by atoms with Crippen LogP contribution in [0.3, 0.4) is 0 Å². The first-order valence-electron chi connectivity index (χ1n) is 16.2. The van der Waals surface area contributed by atoms with Gasteiger partial charge < -0.3 is 26.4 Å². The maximum Gasteiger partial charge on any atom is 0.408 e. The Balaban J connectivity index is 0.000000404. The minimum atomic E-state index is -0.765. The van der Waals surface area contributed by atoms with Crippen LogP contribution in [-0.2, 0) is 34.0 Å². The van der Waals surface area contributed by atoms with Gasteiger partial charge in [-0.3, -0.25) is 9.59 Å². The van der Waals surface area contributed by atoms with Crippen LogP contribution in [-0.4, -0.2) is 51.0 Å². The van der Waals surface area contributed by atoms with Gasteiger partial charge in [0.2, 0.25) is 11.8 Å². The van der Waals surface area contributed by atoms with Crippen LogP contribution in [0.2, 0.25) is 0 Å². The molecule has 0 bridgehead atoms. The maximum atomic E-state index is 12.8. The summed E-state index contributed by atoms with van der Waals surface area (Å²) < 4.78 is 5.48. The molecule has 276 valence electrons. The van der Waals surface area contributed by atoms with Gasteiger partial charge in [0.05, 0.1) is 6.04 Å². The van der Waals surface area contributed by atoms with E-state index >= 15 is 0 Å². The van der Waals surface area contributed by atoms with E-state index in [0.717, 1.165) is 11.1 Å². The van der Waals surface area contributed by atoms with E-state index in [1.54, 1.807) is 56.6 Å². The highest BCUT2D eigenvalue weighted by Gasteiger charge is 2.23. The van der Waals surface area contributed by atoms with Gasteiger partial charge in [-0.25, -0.2) is 4.79 Å². The van der Waals surface area contributed by atoms with Gasteiger partial charge in [0.25, 0.3) is 0 Å². The highest BCUT2D eigenvalue weighted by molar-refractivity contribution is 8.77. The molecule has 0 aliphatic heterocycles. The minimum Gasteiger partial charge on any atom is -0.445 e. The molecular formula is C36H49N7O4S4. The zero-order valence-electron chi connectivity index (χ0n) is 30.0. The third-order valence-electron chi connectivity index (χ3n) is 6.17. The molecule has 3 amide bonds. The number of alkyl carbamates (subject to hydrolysis) is 1. The Hall–Kier alpha value is -3.46. The fourth-order valence-electron chi connectivity index (χ4n) is 3.75. The highest BCUT2D eigenvalue weighted by Crippen LogP contribution is 2.36. The van der Waals surface area contributed by atoms with Crippen LogP contribution < -0.4 is 21.7 Å². The second-order valence-electron chi connectivity index (χ2n) is 13.1. The van der Waals surface area contributed by atoms with E-state index in [4.69, 9.17) is 16.0 Å². The molecule has 2 atom stereocenters. The number of carbonyl (C=O) groups excluding carboxylic acids is 3. The molecule has 0 unspecified atom stereocenters. The van der Waals surface area contributed by atoms with Crippen molar-refractivity contribution in [3.05, 3.63) is 112 Å². The first-order valence-corrected chi connectivity index (χ1v) is 20.9. The molecule has 3 rings (SSSR count). The zero-order chi connectivity index (χ0) is 37.7. The highest BCUT2D eigenvalue weighted by atomic mass is 33.1. The summed E-state index contributed by atoms with van der Waals surface area (Å²) in [5, 5.41) is 12.0. The summed E-state index contributed by atoms with van der Waals surface area (Å²) in [6, 6.07) is 25.0. The Labute approximate surface area is 317 Å². The molecule has 5 N–H and O–H groups in total. The van der Waals surface area contributed by atoms with Gasteiger partial charge in [-0.2, -0.15) is 0 Å². The van der Waals surface area contributed by atoms with Crippen molar-refractivity contribution in [2.45, 2.75) is 82.8 Å². The Kier molecular flexibility index (Phi) is 19.9. The normalized spacial score (nSPS) is 12.2. The minimum absolute atomic E-state index is 0.0151. The van der Waals surface area contributed by atoms with Crippen LogP contribution in [0, 0.1) is 0 Å². The van der Waals surface area contributed by atoms with Gasteiger partial charge in [-0.05, 0) is 22.2 Å². The SMILES string of the molecule is CC(C)(C)SSC[C@H](N)C(=O)NCc1ccccc1.CC(C)(C)SSC[C@H](NC(=O)OCc1ccccc1N=[N+]=[N-])C(=O)NCc1ccccc1. The van der Waals surface area contributed by atoms with Crippen LogP contribution in [0.15, 0.2) is 90.0 Å². The number of hydrogen-bond acceptors (Lipinski definition) is 10. The molecule has 0 saturated carbocycles. The summed E-state index contributed by atoms with van der Waals surface area (Å²) >= 11 is 0. The molecule has 51 heavy (non-hydrogen) atoms. The molecule has 0 saturated heterocycles. The Morgan fingerprint density at radius 1 is 0.765 bits per heavy atom. The Bertz CT molecular complexity index is 1550. The predicted molar refractivity (Wildman–Crippen MR) is 217 cm³/mol. The monoisotopic (exact) mass is 771 g/mol. The van der Waals surface area contributed by atoms with Crippen LogP contribution in [0.25, 0.3) is 10.4 Å². The quantitative estimate of drug-likeness (QED) is 0.0482. The van der Waals surface area contributed by atoms with E-state index in [2.05, 4.69) is 67.5 Å². The largest absolute Gasteiger partial charge is 0.445 e. The zero-order valence-corrected chi connectivity index (χ0v) is 33.2. The Morgan fingerprint density at radius 2 is 1.25 bits per heavy atom. The van der Waals surface area contributed by atoms with Gasteiger partial charge in [-0.15, -0.1) is 0 Å². The summed E-state index contributed by atoms with van der Waals surface area (Å²) in [6.45, 7) is 13.5. The number of hydrogen-bond donors (Lipinski definition) is 4. The van der Waals surface area contributed by atoms with E-state index in [1.165, 1.54) is 10.8 Å². The van der Waals surface area contributed by atoms with E-state index in [1.807, 2.05) is 60.7 Å². The molecule has 3 aromatic carbocycles. The van der Waals surface area contributed by atoms with Gasteiger partial charge >= 0.3 is 6.09 Å². The first-order chi connectivity index (χ1) is 24.2. The van der Waals surface area contributed by atoms with Crippen molar-refractivity contribution < 1.29 is 19.1 Å². The lowest BCUT2D eigenvalue weighted by Gasteiger charge is -2.21. The summed E-state index contributed by atoms with van der Waals surface area (Å²) in [5.74, 6) is 0.628. The van der Waals surface area contributed by atoms with Gasteiger partial charge in [0.15, 0.2) is 0 Å². The van der Waals surface area contributed by atoms with Crippen molar-refractivity contribution in [2.75, 3.05) is 11.5 Å². The molecule has 0 radical (unpaired) electrons. The fourth-order valence-corrected chi connectivity index (χ4v) is 8.64. The van der Waals surface area contributed by atoms with E-state index < -0.39 is 18.2 Å². The summed E-state index contributed by atoms with van der Waals surface area (Å²) in [5.41, 5.74) is 17.5. The number of ether oxygens (including phenoxy) is 1. The number of amides is 3. The van der Waals surface area contributed by atoms with E-state index in [-0.39, 0.29) is 27.9 Å². The molecule has 0 aliphatic rings. The van der Waals surface area contributed by atoms with Crippen molar-refractivity contribution in [1.82, 2.24) is 16.0 Å². The van der Waals surface area contributed by atoms with Crippen molar-refractivity contribution >= 4 is 66.8 Å². The molecule has 0 aromatic heterocycles. The second-order valence-corrected chi connectivity index (χ2v) is 19.4. The van der Waals surface area contributed by atoms with Gasteiger partial charge in [-0.1, -0.05) is 175 Å². The average Bonchev–Trinajstić information content (AvgIpc) is 3.09. The average molecular weight is 772 g/mol. The third-order valence-corrected chi connectivity index (χ3v) is 12.9. The molecule has 3 aromatic rings. The molecule has 0 fully saturated rings. The second kappa shape index (κ2) is 23.2. The van der Waals surface area contributed by atoms with Crippen LogP contribution in [0.4, 0.5) is 10.5 Å². The topological polar surface area (TPSA) is 171 Å². The third kappa shape index (κ3) is 20.2. The number of nitrogens with two attached hydrogens (primary N) is 1. The van der Waals surface area contributed by atoms with Crippen molar-refractivity contribution in [3.8, 4) is 0 Å². The fraction of sp³-hybridized carbons (Fsp3) is 0.417. The van der Waals surface area contributed by atoms with E-state index in [9.17, 15) is 14.4 Å². The molecular weight excluding hydrogens is 723 g/mol. The predicted octanol–water partition coefficient (Wildman–Crippen LogP) is 8.53. The number of azide groups is 1. The van der Waals surface area contributed by atoms with Crippen LogP contribution in [0.1, 0.15) is 58.2 Å². The number of nitrogens with one attached hydrogen (secondary N) is 3. The molecule has 0 heterocycles. The standard InChI is InChI=1S/C22H27N5O3S2.C14H22N2OS2/c1-22(2,3)32-31-15-19(20(28)24-13-16-9-5-4-6-10-16)25-21(29)30-14-17-11-7-8-12-18(17)26-27-23;1-14(2,3)19-18-10-12(15)13(17)16-9-11-7-5-4-6-8-11/h4-12,19H,13-15H2,1-3H3,(H,24,28)(H,25,29);4-8,12H,9-10,15H2,1-3H3,(H,16,17)/t19-;12-/m00/s1. The first kappa shape index (κ1) is 43.7. The lowest BCUT2D eigenvalue weighted by atomic mass is 10.2. The summed E-state index contributed by atoms with van der Waals surface area (Å²) in [7, 11) is 6.55. The number of benzene rings is 3. The van der Waals surface area contributed by atoms with Gasteiger partial charge in [0.1, 0.15) is 12.6 Å². The number of carbonyl (C=O) groups is 3. The molecule has 15 heteroatoms. The lowest BCUT2D eigenvalue weighted by molar-refractivity contribution is -0.123. The maximum absolute atomic E-state index is 12.8. The van der Waals surface area contributed by atoms with Crippen molar-refractivity contribution in [3.63, 3.8) is 0 Å². The van der Waals surface area contributed by atoms with E-state index in [0.29, 0.717) is 35.8 Å². The smallest absolute Gasteiger partial charge is 0.408 e. The summed E-state index contributed by atoms with van der Waals surface area (Å²) in [4.78, 5) is 39.8. The van der Waals surface area contributed by atoms with Crippen LogP contribution >= 0.6 is 43.2 Å². The summed E-state index contributed by atoms with van der Waals surface area (Å²) in [6.07, 6.45) is -0.720.